The lowest BCUT2D eigenvalue weighted by Crippen LogP contribution is -2.56. The summed E-state index contributed by atoms with van der Waals surface area (Å²) in [4.78, 5) is 8.32. The lowest BCUT2D eigenvalue weighted by atomic mass is 9.93. The Balaban J connectivity index is 1.97. The highest BCUT2D eigenvalue weighted by Gasteiger charge is 2.43. The molecule has 0 saturated carbocycles. The summed E-state index contributed by atoms with van der Waals surface area (Å²) in [5, 5.41) is 7.13. The average Bonchev–Trinajstić information content (AvgIpc) is 2.57. The molecular formula is C10H14N4. The van der Waals surface area contributed by atoms with Crippen molar-refractivity contribution in [3.63, 3.8) is 0 Å². The summed E-state index contributed by atoms with van der Waals surface area (Å²) in [5.41, 5.74) is 1.20. The van der Waals surface area contributed by atoms with Crippen LogP contribution in [0.2, 0.25) is 0 Å². The second-order valence-electron chi connectivity index (χ2n) is 4.19. The number of hydrogen-bond donors (Lipinski definition) is 2. The van der Waals surface area contributed by atoms with Crippen molar-refractivity contribution in [1.29, 1.82) is 0 Å². The zero-order chi connectivity index (χ0) is 9.43. The van der Waals surface area contributed by atoms with Crippen LogP contribution < -0.4 is 10.6 Å². The highest BCUT2D eigenvalue weighted by atomic mass is 15.2. The van der Waals surface area contributed by atoms with Crippen LogP contribution in [0.4, 0.5) is 0 Å². The SMILES string of the molecule is c1cc(C23CCC(CNC2)N3)ncn1. The van der Waals surface area contributed by atoms with E-state index in [2.05, 4.69) is 20.6 Å². The minimum absolute atomic E-state index is 0.0753. The van der Waals surface area contributed by atoms with Gasteiger partial charge in [-0.25, -0.2) is 9.97 Å². The van der Waals surface area contributed by atoms with Crippen molar-refractivity contribution in [2.45, 2.75) is 24.4 Å². The summed E-state index contributed by atoms with van der Waals surface area (Å²) in [5.74, 6) is 0. The van der Waals surface area contributed by atoms with Gasteiger partial charge in [-0.15, -0.1) is 0 Å². The topological polar surface area (TPSA) is 49.8 Å². The average molecular weight is 190 g/mol. The van der Waals surface area contributed by atoms with Gasteiger partial charge in [0, 0.05) is 25.3 Å². The molecule has 2 aliphatic heterocycles. The van der Waals surface area contributed by atoms with E-state index in [4.69, 9.17) is 0 Å². The molecule has 74 valence electrons. The van der Waals surface area contributed by atoms with Crippen molar-refractivity contribution in [3.05, 3.63) is 24.3 Å². The van der Waals surface area contributed by atoms with E-state index in [1.165, 1.54) is 12.8 Å². The number of nitrogens with one attached hydrogen (secondary N) is 2. The number of nitrogens with zero attached hydrogens (tertiary/aromatic N) is 2. The predicted molar refractivity (Wildman–Crippen MR) is 52.7 cm³/mol. The molecule has 3 rings (SSSR count). The van der Waals surface area contributed by atoms with Gasteiger partial charge in [-0.05, 0) is 18.9 Å². The van der Waals surface area contributed by atoms with Crippen molar-refractivity contribution >= 4 is 0 Å². The maximum Gasteiger partial charge on any atom is 0.115 e. The Morgan fingerprint density at radius 2 is 2.50 bits per heavy atom. The molecule has 2 bridgehead atoms. The van der Waals surface area contributed by atoms with Gasteiger partial charge in [0.1, 0.15) is 6.33 Å². The lowest BCUT2D eigenvalue weighted by Gasteiger charge is -2.34. The number of aromatic nitrogens is 2. The Hall–Kier alpha value is -1.00. The van der Waals surface area contributed by atoms with E-state index in [-0.39, 0.29) is 5.54 Å². The zero-order valence-corrected chi connectivity index (χ0v) is 8.03. The zero-order valence-electron chi connectivity index (χ0n) is 8.03. The fourth-order valence-electron chi connectivity index (χ4n) is 2.57. The maximum absolute atomic E-state index is 4.36. The van der Waals surface area contributed by atoms with E-state index in [0.29, 0.717) is 6.04 Å². The summed E-state index contributed by atoms with van der Waals surface area (Å²) in [6.07, 6.45) is 5.88. The van der Waals surface area contributed by atoms with Crippen LogP contribution in [0.25, 0.3) is 0 Å². The molecule has 0 spiro atoms. The standard InChI is InChI=1S/C10H14N4/c1-3-10(6-12-5-8(1)14-10)9-2-4-11-7-13-9/h2,4,7-8,12,14H,1,3,5-6H2. The monoisotopic (exact) mass is 190 g/mol. The molecule has 2 unspecified atom stereocenters. The van der Waals surface area contributed by atoms with Gasteiger partial charge >= 0.3 is 0 Å². The first-order chi connectivity index (χ1) is 6.89. The molecule has 0 aliphatic carbocycles. The third-order valence-corrected chi connectivity index (χ3v) is 3.29. The quantitative estimate of drug-likeness (QED) is 0.656. The third-order valence-electron chi connectivity index (χ3n) is 3.29. The number of fused-ring (bicyclic) bond motifs is 2. The largest absolute Gasteiger partial charge is 0.313 e. The molecule has 3 heterocycles. The second-order valence-corrected chi connectivity index (χ2v) is 4.19. The Kier molecular flexibility index (Phi) is 1.78. The predicted octanol–water partition coefficient (Wildman–Crippen LogP) is 0.0271. The summed E-state index contributed by atoms with van der Waals surface area (Å²) in [6, 6.07) is 2.64. The van der Waals surface area contributed by atoms with Gasteiger partial charge in [0.25, 0.3) is 0 Å². The normalized spacial score (nSPS) is 35.9. The molecule has 0 amide bonds. The molecule has 2 fully saturated rings. The lowest BCUT2D eigenvalue weighted by molar-refractivity contribution is 0.292. The van der Waals surface area contributed by atoms with Crippen LogP contribution in [-0.2, 0) is 5.54 Å². The van der Waals surface area contributed by atoms with Gasteiger partial charge in [0.15, 0.2) is 0 Å². The first-order valence-electron chi connectivity index (χ1n) is 5.14. The molecule has 2 atom stereocenters. The van der Waals surface area contributed by atoms with Gasteiger partial charge in [-0.3, -0.25) is 0 Å². The Morgan fingerprint density at radius 1 is 1.50 bits per heavy atom. The van der Waals surface area contributed by atoms with Crippen LogP contribution in [0.15, 0.2) is 18.6 Å². The van der Waals surface area contributed by atoms with Crippen molar-refractivity contribution in [2.24, 2.45) is 0 Å². The van der Waals surface area contributed by atoms with Crippen LogP contribution in [0.5, 0.6) is 0 Å². The smallest absolute Gasteiger partial charge is 0.115 e. The van der Waals surface area contributed by atoms with Gasteiger partial charge in [0.05, 0.1) is 11.2 Å². The van der Waals surface area contributed by atoms with Crippen LogP contribution >= 0.6 is 0 Å². The number of hydrogen-bond acceptors (Lipinski definition) is 4. The summed E-state index contributed by atoms with van der Waals surface area (Å²) in [6.45, 7) is 2.08. The van der Waals surface area contributed by atoms with E-state index in [0.717, 1.165) is 18.8 Å². The molecule has 2 saturated heterocycles. The number of rotatable bonds is 1. The van der Waals surface area contributed by atoms with Gasteiger partial charge < -0.3 is 10.6 Å². The third kappa shape index (κ3) is 1.14. The summed E-state index contributed by atoms with van der Waals surface area (Å²) >= 11 is 0. The maximum atomic E-state index is 4.36. The highest BCUT2D eigenvalue weighted by molar-refractivity contribution is 5.19. The van der Waals surface area contributed by atoms with Crippen molar-refractivity contribution in [3.8, 4) is 0 Å². The molecular weight excluding hydrogens is 176 g/mol. The van der Waals surface area contributed by atoms with Crippen molar-refractivity contribution in [1.82, 2.24) is 20.6 Å². The van der Waals surface area contributed by atoms with E-state index in [9.17, 15) is 0 Å². The minimum atomic E-state index is 0.0753. The Bertz CT molecular complexity index is 322. The molecule has 2 aliphatic rings. The first-order valence-corrected chi connectivity index (χ1v) is 5.14. The molecule has 2 N–H and O–H groups in total. The molecule has 0 radical (unpaired) electrons. The van der Waals surface area contributed by atoms with Crippen molar-refractivity contribution < 1.29 is 0 Å². The Labute approximate surface area is 83.1 Å². The van der Waals surface area contributed by atoms with Crippen LogP contribution in [0, 0.1) is 0 Å². The van der Waals surface area contributed by atoms with Crippen LogP contribution in [0.3, 0.4) is 0 Å². The van der Waals surface area contributed by atoms with Gasteiger partial charge in [0.2, 0.25) is 0 Å². The molecule has 0 aromatic carbocycles. The second kappa shape index (κ2) is 3.00. The number of piperazine rings is 1. The molecule has 1 aromatic rings. The highest BCUT2D eigenvalue weighted by Crippen LogP contribution is 2.33. The molecule has 4 heteroatoms. The van der Waals surface area contributed by atoms with E-state index < -0.39 is 0 Å². The van der Waals surface area contributed by atoms with Crippen LogP contribution in [-0.4, -0.2) is 29.1 Å². The van der Waals surface area contributed by atoms with E-state index in [1.54, 1.807) is 6.33 Å². The van der Waals surface area contributed by atoms with Gasteiger partial charge in [-0.1, -0.05) is 0 Å². The van der Waals surface area contributed by atoms with E-state index in [1.807, 2.05) is 12.3 Å². The molecule has 4 nitrogen and oxygen atoms in total. The summed E-state index contributed by atoms with van der Waals surface area (Å²) in [7, 11) is 0. The minimum Gasteiger partial charge on any atom is -0.313 e. The molecule has 14 heavy (non-hydrogen) atoms. The fraction of sp³-hybridized carbons (Fsp3) is 0.600. The first kappa shape index (κ1) is 8.32. The van der Waals surface area contributed by atoms with Crippen LogP contribution in [0.1, 0.15) is 18.5 Å². The van der Waals surface area contributed by atoms with E-state index >= 15 is 0 Å². The Morgan fingerprint density at radius 3 is 3.36 bits per heavy atom. The fourth-order valence-corrected chi connectivity index (χ4v) is 2.57. The molecule has 1 aromatic heterocycles. The van der Waals surface area contributed by atoms with Crippen molar-refractivity contribution in [2.75, 3.05) is 13.1 Å². The summed E-state index contributed by atoms with van der Waals surface area (Å²) < 4.78 is 0. The van der Waals surface area contributed by atoms with Gasteiger partial charge in [-0.2, -0.15) is 0 Å².